The van der Waals surface area contributed by atoms with Gasteiger partial charge in [0.25, 0.3) is 0 Å². The molecule has 0 spiro atoms. The summed E-state index contributed by atoms with van der Waals surface area (Å²) in [5.41, 5.74) is 3.31. The van der Waals surface area contributed by atoms with Gasteiger partial charge in [-0.25, -0.2) is 0 Å². The molecule has 0 fully saturated rings. The molecule has 3 heteroatoms. The standard InChI is InChI=1S/C6H5O2P/c7-6-2-1-5(3-6)4-9-8/h3H,1-2H2. The number of ketones is 1. The molecule has 0 saturated heterocycles. The first kappa shape index (κ1) is 6.54. The molecule has 1 rings (SSSR count). The van der Waals surface area contributed by atoms with E-state index in [1.807, 2.05) is 0 Å². The Hall–Kier alpha value is -0.580. The molecule has 1 aliphatic carbocycles. The zero-order valence-electron chi connectivity index (χ0n) is 4.76. The van der Waals surface area contributed by atoms with Crippen LogP contribution in [0.5, 0.6) is 0 Å². The molecule has 46 valence electrons. The zero-order valence-corrected chi connectivity index (χ0v) is 5.65. The number of carbonyl (C=O) groups is 1. The van der Waals surface area contributed by atoms with Gasteiger partial charge in [0.1, 0.15) is 0 Å². The summed E-state index contributed by atoms with van der Waals surface area (Å²) in [6.07, 6.45) is 2.75. The van der Waals surface area contributed by atoms with Crippen LogP contribution in [0, 0.1) is 5.63 Å². The third-order valence-electron chi connectivity index (χ3n) is 1.17. The van der Waals surface area contributed by atoms with Crippen molar-refractivity contribution in [3.05, 3.63) is 11.6 Å². The van der Waals surface area contributed by atoms with Gasteiger partial charge in [-0.05, 0) is 0 Å². The van der Waals surface area contributed by atoms with E-state index >= 15 is 0 Å². The van der Waals surface area contributed by atoms with Gasteiger partial charge < -0.3 is 0 Å². The van der Waals surface area contributed by atoms with Crippen LogP contribution in [0.15, 0.2) is 11.6 Å². The molecule has 0 bridgehead atoms. The van der Waals surface area contributed by atoms with Crippen LogP contribution in [-0.4, -0.2) is 5.78 Å². The van der Waals surface area contributed by atoms with E-state index in [0.29, 0.717) is 12.8 Å². The van der Waals surface area contributed by atoms with Crippen LogP contribution >= 0.6 is 7.92 Å². The van der Waals surface area contributed by atoms with Crippen molar-refractivity contribution in [2.75, 3.05) is 0 Å². The molecular formula is C6H5O2P. The summed E-state index contributed by atoms with van der Waals surface area (Å²) in [5, 5.41) is 0. The summed E-state index contributed by atoms with van der Waals surface area (Å²) in [5.74, 6) is 0.112. The van der Waals surface area contributed by atoms with E-state index in [-0.39, 0.29) is 13.7 Å². The molecule has 9 heavy (non-hydrogen) atoms. The second kappa shape index (κ2) is 2.82. The fourth-order valence-electron chi connectivity index (χ4n) is 0.743. The normalized spacial score (nSPS) is 16.9. The molecule has 0 aromatic carbocycles. The Morgan fingerprint density at radius 3 is 2.78 bits per heavy atom. The van der Waals surface area contributed by atoms with E-state index in [1.54, 1.807) is 0 Å². The van der Waals surface area contributed by atoms with Gasteiger partial charge in [0, 0.05) is 0 Å². The van der Waals surface area contributed by atoms with Crippen LogP contribution < -0.4 is 0 Å². The molecule has 0 aromatic heterocycles. The molecule has 0 heterocycles. The summed E-state index contributed by atoms with van der Waals surface area (Å²) in [6, 6.07) is 0. The van der Waals surface area contributed by atoms with Crippen LogP contribution in [0.4, 0.5) is 0 Å². The topological polar surface area (TPSA) is 34.1 Å². The van der Waals surface area contributed by atoms with E-state index in [0.717, 1.165) is 5.57 Å². The minimum absolute atomic E-state index is 0.112. The number of rotatable bonds is 0. The first-order valence-electron chi connectivity index (χ1n) is 2.64. The molecule has 0 unspecified atom stereocenters. The SMILES string of the molecule is O=P#CC1=CC(=O)CC1. The third kappa shape index (κ3) is 1.67. The van der Waals surface area contributed by atoms with Crippen LogP contribution in [0.25, 0.3) is 0 Å². The molecule has 0 N–H and O–H groups in total. The summed E-state index contributed by atoms with van der Waals surface area (Å²) in [6.45, 7) is 0. The van der Waals surface area contributed by atoms with Gasteiger partial charge in [0.2, 0.25) is 0 Å². The first-order valence-corrected chi connectivity index (χ1v) is 3.46. The molecular weight excluding hydrogens is 135 g/mol. The molecule has 1 aliphatic rings. The number of hydrogen-bond donors (Lipinski definition) is 0. The number of hydrogen-bond acceptors (Lipinski definition) is 2. The Bertz CT molecular complexity index is 258. The van der Waals surface area contributed by atoms with Gasteiger partial charge in [-0.2, -0.15) is 0 Å². The maximum atomic E-state index is 10.5. The quantitative estimate of drug-likeness (QED) is 0.478. The fourth-order valence-corrected chi connectivity index (χ4v) is 1.04. The van der Waals surface area contributed by atoms with Crippen LogP contribution in [0.2, 0.25) is 0 Å². The molecule has 0 saturated carbocycles. The van der Waals surface area contributed by atoms with Crippen molar-refractivity contribution in [3.63, 3.8) is 0 Å². The van der Waals surface area contributed by atoms with Crippen LogP contribution in [0.3, 0.4) is 0 Å². The summed E-state index contributed by atoms with van der Waals surface area (Å²) < 4.78 is 9.90. The Kier molecular flexibility index (Phi) is 2.05. The van der Waals surface area contributed by atoms with Crippen LogP contribution in [-0.2, 0) is 9.36 Å². The summed E-state index contributed by atoms with van der Waals surface area (Å²) >= 11 is 0. The van der Waals surface area contributed by atoms with Crippen molar-refractivity contribution < 1.29 is 9.36 Å². The predicted octanol–water partition coefficient (Wildman–Crippen LogP) is 1.53. The van der Waals surface area contributed by atoms with E-state index in [1.165, 1.54) is 6.08 Å². The molecule has 0 aliphatic heterocycles. The summed E-state index contributed by atoms with van der Waals surface area (Å²) in [7, 11) is -0.129. The van der Waals surface area contributed by atoms with Gasteiger partial charge in [0.15, 0.2) is 0 Å². The Labute approximate surface area is 54.1 Å². The molecule has 2 nitrogen and oxygen atoms in total. The molecule has 0 atom stereocenters. The fraction of sp³-hybridized carbons (Fsp3) is 0.333. The average molecular weight is 140 g/mol. The van der Waals surface area contributed by atoms with Crippen molar-refractivity contribution >= 4 is 13.7 Å². The van der Waals surface area contributed by atoms with E-state index in [9.17, 15) is 9.36 Å². The van der Waals surface area contributed by atoms with Crippen molar-refractivity contribution in [2.24, 2.45) is 0 Å². The van der Waals surface area contributed by atoms with Gasteiger partial charge in [-0.15, -0.1) is 0 Å². The van der Waals surface area contributed by atoms with E-state index in [4.69, 9.17) is 0 Å². The van der Waals surface area contributed by atoms with Gasteiger partial charge in [-0.1, -0.05) is 0 Å². The number of allylic oxidation sites excluding steroid dienone is 2. The van der Waals surface area contributed by atoms with E-state index < -0.39 is 0 Å². The Morgan fingerprint density at radius 1 is 1.56 bits per heavy atom. The number of carbonyl (C=O) groups excluding carboxylic acids is 1. The van der Waals surface area contributed by atoms with Crippen molar-refractivity contribution in [1.29, 1.82) is 0 Å². The first-order chi connectivity index (χ1) is 4.33. The van der Waals surface area contributed by atoms with E-state index in [2.05, 4.69) is 5.63 Å². The minimum atomic E-state index is -0.129. The van der Waals surface area contributed by atoms with Gasteiger partial charge in [0.05, 0.1) is 0 Å². The summed E-state index contributed by atoms with van der Waals surface area (Å²) in [4.78, 5) is 10.5. The third-order valence-corrected chi connectivity index (χ3v) is 1.54. The van der Waals surface area contributed by atoms with Crippen LogP contribution in [0.1, 0.15) is 12.8 Å². The Morgan fingerprint density at radius 2 is 2.33 bits per heavy atom. The van der Waals surface area contributed by atoms with Crippen molar-refractivity contribution in [1.82, 2.24) is 0 Å². The Balaban J connectivity index is 2.81. The molecule has 0 amide bonds. The van der Waals surface area contributed by atoms with Gasteiger partial charge >= 0.3 is 53.2 Å². The second-order valence-corrected chi connectivity index (χ2v) is 2.25. The average Bonchev–Trinajstić information content (AvgIpc) is 2.17. The monoisotopic (exact) mass is 140 g/mol. The van der Waals surface area contributed by atoms with Crippen molar-refractivity contribution in [2.45, 2.75) is 12.8 Å². The predicted molar refractivity (Wildman–Crippen MR) is 33.8 cm³/mol. The second-order valence-electron chi connectivity index (χ2n) is 1.84. The van der Waals surface area contributed by atoms with Gasteiger partial charge in [-0.3, -0.25) is 0 Å². The maximum absolute atomic E-state index is 10.5. The molecule has 0 aromatic rings. The molecule has 0 radical (unpaired) electrons. The zero-order chi connectivity index (χ0) is 6.69. The van der Waals surface area contributed by atoms with Crippen molar-refractivity contribution in [3.8, 4) is 5.63 Å².